The van der Waals surface area contributed by atoms with Gasteiger partial charge in [-0.1, -0.05) is 6.07 Å². The van der Waals surface area contributed by atoms with Gasteiger partial charge in [0.05, 0.1) is 0 Å². The Morgan fingerprint density at radius 1 is 1.44 bits per heavy atom. The van der Waals surface area contributed by atoms with Gasteiger partial charge < -0.3 is 10.6 Å². The molecule has 0 saturated carbocycles. The monoisotopic (exact) mass is 264 g/mol. The fourth-order valence-corrected chi connectivity index (χ4v) is 3.32. The van der Waals surface area contributed by atoms with Crippen molar-refractivity contribution in [3.05, 3.63) is 29.3 Å². The average Bonchev–Trinajstić information content (AvgIpc) is 2.41. The van der Waals surface area contributed by atoms with Crippen molar-refractivity contribution in [3.63, 3.8) is 0 Å². The smallest absolute Gasteiger partial charge is 0.251 e. The van der Waals surface area contributed by atoms with E-state index in [1.165, 1.54) is 18.6 Å². The number of benzene rings is 1. The molecule has 0 spiro atoms. The summed E-state index contributed by atoms with van der Waals surface area (Å²) in [6.45, 7) is 2.00. The molecule has 1 atom stereocenters. The summed E-state index contributed by atoms with van der Waals surface area (Å²) in [6.07, 6.45) is 2.49. The van der Waals surface area contributed by atoms with Crippen molar-refractivity contribution in [2.24, 2.45) is 0 Å². The van der Waals surface area contributed by atoms with E-state index in [4.69, 9.17) is 0 Å². The van der Waals surface area contributed by atoms with Crippen LogP contribution < -0.4 is 10.6 Å². The largest absolute Gasteiger partial charge is 0.381 e. The summed E-state index contributed by atoms with van der Waals surface area (Å²) in [5, 5.41) is 6.25. The van der Waals surface area contributed by atoms with E-state index in [1.807, 2.05) is 30.8 Å². The van der Waals surface area contributed by atoms with Crippen molar-refractivity contribution in [3.8, 4) is 0 Å². The molecule has 1 aromatic rings. The molecule has 2 rings (SSSR count). The lowest BCUT2D eigenvalue weighted by Crippen LogP contribution is -2.26. The summed E-state index contributed by atoms with van der Waals surface area (Å²) in [4.78, 5) is 11.7. The first-order chi connectivity index (χ1) is 8.72. The van der Waals surface area contributed by atoms with Crippen LogP contribution in [-0.4, -0.2) is 30.5 Å². The van der Waals surface area contributed by atoms with Gasteiger partial charge in [0.1, 0.15) is 0 Å². The minimum absolute atomic E-state index is 0.0193. The number of thioether (sulfide) groups is 1. The molecule has 2 N–H and O–H groups in total. The number of carbonyl (C=O) groups excluding carboxylic acids is 1. The van der Waals surface area contributed by atoms with Crippen LogP contribution >= 0.6 is 11.8 Å². The molecule has 0 bridgehead atoms. The third-order valence-electron chi connectivity index (χ3n) is 3.33. The molecule has 1 aromatic carbocycles. The second kappa shape index (κ2) is 6.14. The molecule has 1 fully saturated rings. The first kappa shape index (κ1) is 13.3. The second-order valence-corrected chi connectivity index (χ2v) is 5.77. The SMILES string of the molecule is CNC(=O)c1cccc(NC2CCCSC2)c1C. The number of nitrogens with one attached hydrogen (secondary N) is 2. The van der Waals surface area contributed by atoms with Gasteiger partial charge in [0.2, 0.25) is 0 Å². The summed E-state index contributed by atoms with van der Waals surface area (Å²) in [7, 11) is 1.67. The highest BCUT2D eigenvalue weighted by Crippen LogP contribution is 2.24. The molecule has 1 aliphatic heterocycles. The molecular weight excluding hydrogens is 244 g/mol. The highest BCUT2D eigenvalue weighted by Gasteiger charge is 2.16. The maximum Gasteiger partial charge on any atom is 0.251 e. The predicted molar refractivity (Wildman–Crippen MR) is 78.5 cm³/mol. The van der Waals surface area contributed by atoms with Crippen LogP contribution in [0.3, 0.4) is 0 Å². The van der Waals surface area contributed by atoms with Gasteiger partial charge in [-0.25, -0.2) is 0 Å². The van der Waals surface area contributed by atoms with Crippen LogP contribution in [0.2, 0.25) is 0 Å². The Balaban J connectivity index is 2.15. The first-order valence-electron chi connectivity index (χ1n) is 6.38. The fourth-order valence-electron chi connectivity index (χ4n) is 2.25. The lowest BCUT2D eigenvalue weighted by Gasteiger charge is -2.25. The number of amides is 1. The Morgan fingerprint density at radius 3 is 2.94 bits per heavy atom. The minimum Gasteiger partial charge on any atom is -0.381 e. The van der Waals surface area contributed by atoms with Crippen LogP contribution in [0.25, 0.3) is 0 Å². The maximum atomic E-state index is 11.7. The van der Waals surface area contributed by atoms with Crippen LogP contribution in [0.15, 0.2) is 18.2 Å². The minimum atomic E-state index is -0.0193. The van der Waals surface area contributed by atoms with Crippen LogP contribution in [0.4, 0.5) is 5.69 Å². The Kier molecular flexibility index (Phi) is 4.53. The molecule has 0 radical (unpaired) electrons. The van der Waals surface area contributed by atoms with Crippen molar-refractivity contribution < 1.29 is 4.79 Å². The zero-order valence-corrected chi connectivity index (χ0v) is 11.8. The number of carbonyl (C=O) groups is 1. The van der Waals surface area contributed by atoms with Gasteiger partial charge in [0, 0.05) is 30.1 Å². The van der Waals surface area contributed by atoms with Gasteiger partial charge in [-0.05, 0) is 43.2 Å². The summed E-state index contributed by atoms with van der Waals surface area (Å²) in [5.74, 6) is 2.41. The fraction of sp³-hybridized carbons (Fsp3) is 0.500. The molecular formula is C14H20N2OS. The maximum absolute atomic E-state index is 11.7. The van der Waals surface area contributed by atoms with E-state index >= 15 is 0 Å². The van der Waals surface area contributed by atoms with Gasteiger partial charge in [-0.3, -0.25) is 4.79 Å². The molecule has 98 valence electrons. The third-order valence-corrected chi connectivity index (χ3v) is 4.54. The molecule has 1 amide bonds. The standard InChI is InChI=1S/C14H20N2OS/c1-10-12(14(17)15-2)6-3-7-13(10)16-11-5-4-8-18-9-11/h3,6-7,11,16H,4-5,8-9H2,1-2H3,(H,15,17). The summed E-state index contributed by atoms with van der Waals surface area (Å²) < 4.78 is 0. The lowest BCUT2D eigenvalue weighted by atomic mass is 10.0. The van der Waals surface area contributed by atoms with Crippen molar-refractivity contribution in [1.82, 2.24) is 5.32 Å². The number of anilines is 1. The van der Waals surface area contributed by atoms with Crippen LogP contribution in [0.5, 0.6) is 0 Å². The highest BCUT2D eigenvalue weighted by atomic mass is 32.2. The third kappa shape index (κ3) is 2.99. The molecule has 1 saturated heterocycles. The highest BCUT2D eigenvalue weighted by molar-refractivity contribution is 7.99. The van der Waals surface area contributed by atoms with Gasteiger partial charge in [0.25, 0.3) is 5.91 Å². The van der Waals surface area contributed by atoms with Gasteiger partial charge in [-0.15, -0.1) is 0 Å². The molecule has 1 aliphatic rings. The molecule has 0 aliphatic carbocycles. The summed E-state index contributed by atoms with van der Waals surface area (Å²) in [5.41, 5.74) is 2.88. The summed E-state index contributed by atoms with van der Waals surface area (Å²) >= 11 is 2.00. The van der Waals surface area contributed by atoms with Crippen molar-refractivity contribution >= 4 is 23.4 Å². The first-order valence-corrected chi connectivity index (χ1v) is 7.54. The zero-order chi connectivity index (χ0) is 13.0. The molecule has 4 heteroatoms. The molecule has 1 unspecified atom stereocenters. The summed E-state index contributed by atoms with van der Waals surface area (Å²) in [6, 6.07) is 6.40. The van der Waals surface area contributed by atoms with E-state index in [1.54, 1.807) is 7.05 Å². The second-order valence-electron chi connectivity index (χ2n) is 4.62. The van der Waals surface area contributed by atoms with Crippen molar-refractivity contribution in [2.75, 3.05) is 23.9 Å². The quantitative estimate of drug-likeness (QED) is 0.882. The van der Waals surface area contributed by atoms with E-state index in [9.17, 15) is 4.79 Å². The molecule has 1 heterocycles. The predicted octanol–water partition coefficient (Wildman–Crippen LogP) is 2.66. The van der Waals surface area contributed by atoms with E-state index in [0.29, 0.717) is 6.04 Å². The van der Waals surface area contributed by atoms with Gasteiger partial charge in [-0.2, -0.15) is 11.8 Å². The van der Waals surface area contributed by atoms with Crippen molar-refractivity contribution in [2.45, 2.75) is 25.8 Å². The lowest BCUT2D eigenvalue weighted by molar-refractivity contribution is 0.0962. The van der Waals surface area contributed by atoms with E-state index in [0.717, 1.165) is 22.6 Å². The van der Waals surface area contributed by atoms with Gasteiger partial charge in [0.15, 0.2) is 0 Å². The number of hydrogen-bond donors (Lipinski definition) is 2. The molecule has 3 nitrogen and oxygen atoms in total. The Morgan fingerprint density at radius 2 is 2.28 bits per heavy atom. The Bertz CT molecular complexity index is 428. The van der Waals surface area contributed by atoms with E-state index < -0.39 is 0 Å². The van der Waals surface area contributed by atoms with E-state index in [2.05, 4.69) is 16.7 Å². The normalized spacial score (nSPS) is 19.3. The zero-order valence-electron chi connectivity index (χ0n) is 11.0. The Labute approximate surface area is 113 Å². The van der Waals surface area contributed by atoms with Crippen molar-refractivity contribution in [1.29, 1.82) is 0 Å². The molecule has 0 aromatic heterocycles. The molecule has 18 heavy (non-hydrogen) atoms. The average molecular weight is 264 g/mol. The topological polar surface area (TPSA) is 41.1 Å². The number of rotatable bonds is 3. The van der Waals surface area contributed by atoms with Crippen LogP contribution in [0, 0.1) is 6.92 Å². The van der Waals surface area contributed by atoms with E-state index in [-0.39, 0.29) is 5.91 Å². The van der Waals surface area contributed by atoms with Gasteiger partial charge >= 0.3 is 0 Å². The Hall–Kier alpha value is -1.16. The van der Waals surface area contributed by atoms with Crippen LogP contribution in [0.1, 0.15) is 28.8 Å². The number of hydrogen-bond acceptors (Lipinski definition) is 3. The van der Waals surface area contributed by atoms with Crippen LogP contribution in [-0.2, 0) is 0 Å².